The van der Waals surface area contributed by atoms with Gasteiger partial charge in [0, 0.05) is 32.5 Å². The van der Waals surface area contributed by atoms with E-state index in [0.29, 0.717) is 37.6 Å². The quantitative estimate of drug-likeness (QED) is 0.568. The Morgan fingerprint density at radius 1 is 0.970 bits per heavy atom. The molecule has 2 N–H and O–H groups in total. The second kappa shape index (κ2) is 12.0. The van der Waals surface area contributed by atoms with Crippen molar-refractivity contribution >= 4 is 11.8 Å². The van der Waals surface area contributed by atoms with E-state index >= 15 is 0 Å². The van der Waals surface area contributed by atoms with Gasteiger partial charge in [0.2, 0.25) is 11.8 Å². The van der Waals surface area contributed by atoms with Gasteiger partial charge in [-0.25, -0.2) is 0 Å². The summed E-state index contributed by atoms with van der Waals surface area (Å²) < 4.78 is 0. The van der Waals surface area contributed by atoms with Crippen molar-refractivity contribution in [2.24, 2.45) is 23.2 Å². The molecular weight excluding hydrogens is 410 g/mol. The molecule has 4 fully saturated rings. The van der Waals surface area contributed by atoms with Gasteiger partial charge in [-0.2, -0.15) is 0 Å². The van der Waals surface area contributed by atoms with Crippen molar-refractivity contribution in [3.05, 3.63) is 37.0 Å². The molecule has 1 aliphatic carbocycles. The number of nitrogens with one attached hydrogen (secondary N) is 2. The number of amides is 2. The summed E-state index contributed by atoms with van der Waals surface area (Å²) in [6.45, 7) is 19.9. The van der Waals surface area contributed by atoms with Crippen molar-refractivity contribution < 1.29 is 9.59 Å². The SMILES string of the molecule is C=C[C@]1(C)CC[C@@H]2C[C@H]1C(=C)CN1CCC(CCCNC(=O)CCCC(=O)NCC2=C)CC1. The number of rotatable bonds is 1. The first kappa shape index (κ1) is 25.7. The van der Waals surface area contributed by atoms with Crippen molar-refractivity contribution in [3.8, 4) is 0 Å². The van der Waals surface area contributed by atoms with Crippen LogP contribution in [0.2, 0.25) is 0 Å². The van der Waals surface area contributed by atoms with Crippen LogP contribution in [0.5, 0.6) is 0 Å². The number of hydrogen-bond acceptors (Lipinski definition) is 3. The molecule has 0 aromatic carbocycles. The van der Waals surface area contributed by atoms with Crippen LogP contribution in [0.15, 0.2) is 37.0 Å². The zero-order valence-corrected chi connectivity index (χ0v) is 20.8. The molecule has 4 bridgehead atoms. The van der Waals surface area contributed by atoms with Crippen molar-refractivity contribution in [2.45, 2.75) is 71.1 Å². The molecule has 2 amide bonds. The number of hydrogen-bond donors (Lipinski definition) is 2. The molecule has 3 atom stereocenters. The minimum atomic E-state index is 0.00640. The maximum Gasteiger partial charge on any atom is 0.220 e. The van der Waals surface area contributed by atoms with Crippen LogP contribution in [0.25, 0.3) is 0 Å². The number of fused-ring (bicyclic) bond motifs is 14. The van der Waals surface area contributed by atoms with Gasteiger partial charge in [0.25, 0.3) is 0 Å². The maximum atomic E-state index is 12.3. The zero-order chi connectivity index (χ0) is 23.8. The van der Waals surface area contributed by atoms with Gasteiger partial charge in [-0.15, -0.1) is 6.58 Å². The van der Waals surface area contributed by atoms with Crippen molar-refractivity contribution in [1.82, 2.24) is 15.5 Å². The van der Waals surface area contributed by atoms with E-state index in [1.54, 1.807) is 0 Å². The van der Waals surface area contributed by atoms with Crippen LogP contribution in [0, 0.1) is 23.2 Å². The molecule has 3 aliphatic heterocycles. The number of allylic oxidation sites excluding steroid dienone is 1. The molecule has 33 heavy (non-hydrogen) atoms. The average Bonchev–Trinajstić information content (AvgIpc) is 2.81. The van der Waals surface area contributed by atoms with Crippen molar-refractivity contribution in [2.75, 3.05) is 32.7 Å². The summed E-state index contributed by atoms with van der Waals surface area (Å²) in [7, 11) is 0. The van der Waals surface area contributed by atoms with Crippen LogP contribution in [-0.2, 0) is 9.59 Å². The molecule has 4 rings (SSSR count). The molecule has 0 aromatic heterocycles. The van der Waals surface area contributed by atoms with Gasteiger partial charge < -0.3 is 10.6 Å². The molecule has 184 valence electrons. The summed E-state index contributed by atoms with van der Waals surface area (Å²) in [5, 5.41) is 6.05. The largest absolute Gasteiger partial charge is 0.356 e. The molecule has 1 saturated carbocycles. The first-order valence-electron chi connectivity index (χ1n) is 13.1. The Labute approximate surface area is 201 Å². The number of nitrogens with zero attached hydrogens (tertiary/aromatic N) is 1. The smallest absolute Gasteiger partial charge is 0.220 e. The van der Waals surface area contributed by atoms with E-state index in [0.717, 1.165) is 63.4 Å². The van der Waals surface area contributed by atoms with E-state index in [1.165, 1.54) is 24.8 Å². The molecular formula is C28H45N3O2. The molecule has 0 spiro atoms. The van der Waals surface area contributed by atoms with Crippen LogP contribution in [0.1, 0.15) is 71.1 Å². The minimum absolute atomic E-state index is 0.00640. The van der Waals surface area contributed by atoms with E-state index in [1.807, 2.05) is 0 Å². The summed E-state index contributed by atoms with van der Waals surface area (Å²) in [5.41, 5.74) is 2.51. The lowest BCUT2D eigenvalue weighted by atomic mass is 9.61. The lowest BCUT2D eigenvalue weighted by Gasteiger charge is -2.45. The fraction of sp³-hybridized carbons (Fsp3) is 0.714. The summed E-state index contributed by atoms with van der Waals surface area (Å²) in [4.78, 5) is 26.9. The van der Waals surface area contributed by atoms with Crippen LogP contribution in [-0.4, -0.2) is 49.4 Å². The first-order valence-corrected chi connectivity index (χ1v) is 13.1. The van der Waals surface area contributed by atoms with Crippen LogP contribution in [0.4, 0.5) is 0 Å². The highest BCUT2D eigenvalue weighted by Crippen LogP contribution is 2.49. The Morgan fingerprint density at radius 3 is 2.36 bits per heavy atom. The van der Waals surface area contributed by atoms with E-state index in [2.05, 4.69) is 48.3 Å². The van der Waals surface area contributed by atoms with Gasteiger partial charge in [0.05, 0.1) is 0 Å². The van der Waals surface area contributed by atoms with Gasteiger partial charge in [0.15, 0.2) is 0 Å². The Kier molecular flexibility index (Phi) is 9.37. The highest BCUT2D eigenvalue weighted by Gasteiger charge is 2.40. The summed E-state index contributed by atoms with van der Waals surface area (Å²) in [6.07, 6.45) is 11.4. The summed E-state index contributed by atoms with van der Waals surface area (Å²) in [6, 6.07) is 0. The third-order valence-electron chi connectivity index (χ3n) is 8.45. The van der Waals surface area contributed by atoms with Crippen molar-refractivity contribution in [3.63, 3.8) is 0 Å². The zero-order valence-electron chi connectivity index (χ0n) is 20.8. The van der Waals surface area contributed by atoms with Gasteiger partial charge in [-0.05, 0) is 87.6 Å². The van der Waals surface area contributed by atoms with Gasteiger partial charge in [-0.3, -0.25) is 14.5 Å². The monoisotopic (exact) mass is 455 g/mol. The van der Waals surface area contributed by atoms with E-state index in [-0.39, 0.29) is 17.2 Å². The Morgan fingerprint density at radius 2 is 1.67 bits per heavy atom. The maximum absolute atomic E-state index is 12.3. The molecule has 0 unspecified atom stereocenters. The fourth-order valence-electron chi connectivity index (χ4n) is 5.97. The Balaban J connectivity index is 1.67. The highest BCUT2D eigenvalue weighted by atomic mass is 16.2. The summed E-state index contributed by atoms with van der Waals surface area (Å²) in [5.74, 6) is 1.61. The third kappa shape index (κ3) is 7.30. The van der Waals surface area contributed by atoms with E-state index in [9.17, 15) is 9.59 Å². The normalized spacial score (nSPS) is 35.8. The summed E-state index contributed by atoms with van der Waals surface area (Å²) >= 11 is 0. The second-order valence-electron chi connectivity index (χ2n) is 10.9. The Hall–Kier alpha value is -1.88. The molecule has 3 saturated heterocycles. The second-order valence-corrected chi connectivity index (χ2v) is 10.9. The number of carbonyl (C=O) groups excluding carboxylic acids is 2. The predicted molar refractivity (Wildman–Crippen MR) is 136 cm³/mol. The number of carbonyl (C=O) groups is 2. The predicted octanol–water partition coefficient (Wildman–Crippen LogP) is 4.62. The molecule has 4 aliphatic rings. The van der Waals surface area contributed by atoms with E-state index < -0.39 is 0 Å². The highest BCUT2D eigenvalue weighted by molar-refractivity contribution is 5.78. The topological polar surface area (TPSA) is 61.4 Å². The Bertz CT molecular complexity index is 737. The van der Waals surface area contributed by atoms with Crippen LogP contribution >= 0.6 is 0 Å². The van der Waals surface area contributed by atoms with Gasteiger partial charge in [0.1, 0.15) is 0 Å². The molecule has 5 heteroatoms. The average molecular weight is 456 g/mol. The molecule has 5 nitrogen and oxygen atoms in total. The first-order chi connectivity index (χ1) is 15.8. The van der Waals surface area contributed by atoms with Gasteiger partial charge >= 0.3 is 0 Å². The van der Waals surface area contributed by atoms with Crippen LogP contribution in [0.3, 0.4) is 0 Å². The van der Waals surface area contributed by atoms with Gasteiger partial charge in [-0.1, -0.05) is 37.3 Å². The lowest BCUT2D eigenvalue weighted by molar-refractivity contribution is -0.122. The standard InChI is InChI=1S/C28H45N3O2/c1-5-28(4)14-11-24-18-25(28)22(3)20-31-16-12-23(13-17-31)8-7-15-29-26(32)9-6-10-27(33)30-19-21(24)2/h5,23-25H,1-3,6-20H2,4H3,(H,29,32)(H,30,33)/t24-,25+,28-/m1/s1. The van der Waals surface area contributed by atoms with Crippen molar-refractivity contribution in [1.29, 1.82) is 0 Å². The molecule has 0 radical (unpaired) electrons. The fourth-order valence-corrected chi connectivity index (χ4v) is 5.97. The van der Waals surface area contributed by atoms with E-state index in [4.69, 9.17) is 0 Å². The molecule has 0 aromatic rings. The van der Waals surface area contributed by atoms with Crippen LogP contribution < -0.4 is 10.6 Å². The minimum Gasteiger partial charge on any atom is -0.356 e. The molecule has 3 heterocycles. The number of piperidine rings is 1. The lowest BCUT2D eigenvalue weighted by Crippen LogP contribution is -2.40. The third-order valence-corrected chi connectivity index (χ3v) is 8.45.